The molecule has 1 amide bonds. The van der Waals surface area contributed by atoms with Crippen LogP contribution in [0.5, 0.6) is 0 Å². The van der Waals surface area contributed by atoms with Gasteiger partial charge in [-0.05, 0) is 49.8 Å². The maximum Gasteiger partial charge on any atom is 0.435 e. The molecule has 0 bridgehead atoms. The van der Waals surface area contributed by atoms with Crippen LogP contribution in [-0.2, 0) is 35.1 Å². The van der Waals surface area contributed by atoms with Gasteiger partial charge in [-0.25, -0.2) is 0 Å². The lowest BCUT2D eigenvalue weighted by atomic mass is 9.87. The normalized spacial score (nSPS) is 20.9. The molecule has 2 aliphatic rings. The Morgan fingerprint density at radius 1 is 1.22 bits per heavy atom. The number of nitrogens with one attached hydrogen (secondary N) is 1. The molecule has 2 aliphatic carbocycles. The van der Waals surface area contributed by atoms with Crippen LogP contribution in [0.2, 0.25) is 0 Å². The average Bonchev–Trinajstić information content (AvgIpc) is 3.15. The lowest BCUT2D eigenvalue weighted by Crippen LogP contribution is -2.42. The minimum absolute atomic E-state index is 0.226. The summed E-state index contributed by atoms with van der Waals surface area (Å²) in [5, 5.41) is 6.66. The van der Waals surface area contributed by atoms with Crippen LogP contribution in [0, 0.1) is 0 Å². The zero-order valence-electron chi connectivity index (χ0n) is 18.1. The fourth-order valence-electron chi connectivity index (χ4n) is 4.33. The molecule has 0 saturated heterocycles. The fraction of sp³-hybridized carbons (Fsp3) is 0.417. The van der Waals surface area contributed by atoms with Gasteiger partial charge >= 0.3 is 6.18 Å². The number of carbonyl (C=O) groups is 1. The van der Waals surface area contributed by atoms with E-state index in [0.29, 0.717) is 37.1 Å². The molecule has 4 rings (SSSR count). The van der Waals surface area contributed by atoms with Gasteiger partial charge in [0.2, 0.25) is 5.91 Å². The van der Waals surface area contributed by atoms with Crippen molar-refractivity contribution in [2.75, 3.05) is 7.11 Å². The Morgan fingerprint density at radius 3 is 2.62 bits per heavy atom. The minimum Gasteiger partial charge on any atom is -0.372 e. The van der Waals surface area contributed by atoms with Gasteiger partial charge in [0.25, 0.3) is 0 Å². The molecule has 5 nitrogen and oxygen atoms in total. The topological polar surface area (TPSA) is 56.1 Å². The summed E-state index contributed by atoms with van der Waals surface area (Å²) >= 11 is 0. The molecule has 1 unspecified atom stereocenters. The number of allylic oxidation sites excluding steroid dienone is 2. The van der Waals surface area contributed by atoms with Crippen molar-refractivity contribution >= 4 is 11.5 Å². The number of hydrogen-bond acceptors (Lipinski definition) is 3. The van der Waals surface area contributed by atoms with Crippen LogP contribution >= 0.6 is 0 Å². The smallest absolute Gasteiger partial charge is 0.372 e. The number of aromatic nitrogens is 2. The molecule has 2 aromatic rings. The van der Waals surface area contributed by atoms with E-state index in [-0.39, 0.29) is 12.1 Å². The predicted molar refractivity (Wildman–Crippen MR) is 115 cm³/mol. The second-order valence-corrected chi connectivity index (χ2v) is 8.41. The first-order chi connectivity index (χ1) is 15.2. The van der Waals surface area contributed by atoms with E-state index in [1.807, 2.05) is 49.4 Å². The molecule has 0 fully saturated rings. The molecule has 1 atom stereocenters. The van der Waals surface area contributed by atoms with Crippen molar-refractivity contribution in [3.8, 4) is 0 Å². The van der Waals surface area contributed by atoms with Gasteiger partial charge in [-0.1, -0.05) is 36.4 Å². The zero-order chi connectivity index (χ0) is 22.9. The van der Waals surface area contributed by atoms with Gasteiger partial charge in [0.05, 0.1) is 5.70 Å². The summed E-state index contributed by atoms with van der Waals surface area (Å²) in [4.78, 5) is 12.9. The Morgan fingerprint density at radius 2 is 1.94 bits per heavy atom. The number of amides is 1. The fourth-order valence-corrected chi connectivity index (χ4v) is 4.33. The first-order valence-corrected chi connectivity index (χ1v) is 10.7. The van der Waals surface area contributed by atoms with E-state index >= 15 is 0 Å². The number of methoxy groups -OCH3 is 1. The quantitative estimate of drug-likeness (QED) is 0.728. The van der Waals surface area contributed by atoms with Crippen molar-refractivity contribution in [3.63, 3.8) is 0 Å². The highest BCUT2D eigenvalue weighted by atomic mass is 19.4. The highest BCUT2D eigenvalue weighted by Gasteiger charge is 2.40. The van der Waals surface area contributed by atoms with Gasteiger partial charge in [-0.3, -0.25) is 9.48 Å². The third-order valence-corrected chi connectivity index (χ3v) is 6.23. The van der Waals surface area contributed by atoms with Crippen molar-refractivity contribution < 1.29 is 22.7 Å². The molecule has 1 N–H and O–H groups in total. The van der Waals surface area contributed by atoms with Crippen molar-refractivity contribution in [2.45, 2.75) is 57.3 Å². The molecule has 32 heavy (non-hydrogen) atoms. The van der Waals surface area contributed by atoms with Crippen LogP contribution in [0.25, 0.3) is 5.57 Å². The van der Waals surface area contributed by atoms with E-state index < -0.39 is 23.4 Å². The number of rotatable bonds is 5. The Kier molecular flexibility index (Phi) is 5.99. The van der Waals surface area contributed by atoms with Crippen LogP contribution in [0.4, 0.5) is 13.2 Å². The Labute approximate surface area is 185 Å². The number of alkyl halides is 3. The first-order valence-electron chi connectivity index (χ1n) is 10.7. The van der Waals surface area contributed by atoms with Crippen molar-refractivity contribution in [1.29, 1.82) is 0 Å². The minimum atomic E-state index is -4.53. The van der Waals surface area contributed by atoms with E-state index in [2.05, 4.69) is 10.4 Å². The summed E-state index contributed by atoms with van der Waals surface area (Å²) in [6, 6.07) is 9.76. The average molecular weight is 445 g/mol. The summed E-state index contributed by atoms with van der Waals surface area (Å²) < 4.78 is 47.2. The van der Waals surface area contributed by atoms with Gasteiger partial charge in [-0.15, -0.1) is 0 Å². The van der Waals surface area contributed by atoms with Crippen molar-refractivity contribution in [2.24, 2.45) is 0 Å². The third kappa shape index (κ3) is 4.37. The predicted octanol–water partition coefficient (Wildman–Crippen LogP) is 4.67. The summed E-state index contributed by atoms with van der Waals surface area (Å²) in [6.07, 6.45) is 2.24. The number of halogens is 3. The maximum atomic E-state index is 13.4. The van der Waals surface area contributed by atoms with Crippen LogP contribution in [-0.4, -0.2) is 28.4 Å². The van der Waals surface area contributed by atoms with Crippen LogP contribution in [0.15, 0.2) is 48.2 Å². The number of benzene rings is 1. The number of fused-ring (bicyclic) bond motifs is 1. The zero-order valence-corrected chi connectivity index (χ0v) is 18.1. The first kappa shape index (κ1) is 22.3. The summed E-state index contributed by atoms with van der Waals surface area (Å²) in [5.74, 6) is -0.432. The lowest BCUT2D eigenvalue weighted by Gasteiger charge is -2.33. The third-order valence-electron chi connectivity index (χ3n) is 6.23. The second kappa shape index (κ2) is 8.58. The SMILES string of the molecule is COC1(C)CC=C(c2ccccc2)C=C1NC(=O)Cn1nc(C(F)(F)F)c2c1CCCC2. The number of nitrogens with zero attached hydrogens (tertiary/aromatic N) is 2. The highest BCUT2D eigenvalue weighted by molar-refractivity contribution is 5.82. The molecular weight excluding hydrogens is 419 g/mol. The van der Waals surface area contributed by atoms with E-state index in [1.165, 1.54) is 4.68 Å². The number of ether oxygens (including phenoxy) is 1. The van der Waals surface area contributed by atoms with E-state index in [1.54, 1.807) is 7.11 Å². The molecule has 0 saturated carbocycles. The molecule has 1 heterocycles. The molecule has 8 heteroatoms. The van der Waals surface area contributed by atoms with Crippen LogP contribution < -0.4 is 5.32 Å². The van der Waals surface area contributed by atoms with Gasteiger partial charge in [0, 0.05) is 24.8 Å². The summed E-state index contributed by atoms with van der Waals surface area (Å²) in [7, 11) is 1.57. The molecule has 1 aromatic carbocycles. The molecule has 1 aromatic heterocycles. The standard InChI is InChI=1S/C24H26F3N3O2/c1-23(32-2)13-12-17(16-8-4-3-5-9-16)14-20(23)28-21(31)15-30-19-11-7-6-10-18(19)22(29-30)24(25,26)27/h3-5,8-9,12,14H,6-7,10-11,13,15H2,1-2H3,(H,28,31). The molecule has 0 aliphatic heterocycles. The van der Waals surface area contributed by atoms with E-state index in [4.69, 9.17) is 4.74 Å². The second-order valence-electron chi connectivity index (χ2n) is 8.41. The highest BCUT2D eigenvalue weighted by Crippen LogP contribution is 2.36. The molecule has 0 radical (unpaired) electrons. The Bertz CT molecular complexity index is 1070. The van der Waals surface area contributed by atoms with Gasteiger partial charge in [0.1, 0.15) is 12.1 Å². The largest absolute Gasteiger partial charge is 0.435 e. The van der Waals surface area contributed by atoms with Gasteiger partial charge < -0.3 is 10.1 Å². The number of hydrogen-bond donors (Lipinski definition) is 1. The lowest BCUT2D eigenvalue weighted by molar-refractivity contribution is -0.142. The monoisotopic (exact) mass is 445 g/mol. The van der Waals surface area contributed by atoms with Crippen molar-refractivity contribution in [1.82, 2.24) is 15.1 Å². The van der Waals surface area contributed by atoms with Crippen LogP contribution in [0.1, 0.15) is 48.7 Å². The molecule has 0 spiro atoms. The van der Waals surface area contributed by atoms with Crippen LogP contribution in [0.3, 0.4) is 0 Å². The summed E-state index contributed by atoms with van der Waals surface area (Å²) in [6.45, 7) is 1.59. The Hall–Kier alpha value is -2.87. The van der Waals surface area contributed by atoms with E-state index in [0.717, 1.165) is 17.6 Å². The summed E-state index contributed by atoms with van der Waals surface area (Å²) in [5.41, 5.74) is 1.66. The molecular formula is C24H26F3N3O2. The van der Waals surface area contributed by atoms with Gasteiger partial charge in [-0.2, -0.15) is 18.3 Å². The maximum absolute atomic E-state index is 13.4. The van der Waals surface area contributed by atoms with E-state index in [9.17, 15) is 18.0 Å². The Balaban J connectivity index is 1.58. The molecule has 170 valence electrons. The number of carbonyl (C=O) groups excluding carboxylic acids is 1. The van der Waals surface area contributed by atoms with Crippen molar-refractivity contribution in [3.05, 3.63) is 70.7 Å². The van der Waals surface area contributed by atoms with Gasteiger partial charge in [0.15, 0.2) is 5.69 Å².